The molecular weight excluding hydrogens is 294 g/mol. The van der Waals surface area contributed by atoms with Gasteiger partial charge in [0, 0.05) is 30.5 Å². The van der Waals surface area contributed by atoms with E-state index >= 15 is 0 Å². The van der Waals surface area contributed by atoms with Crippen LogP contribution in [0.2, 0.25) is 0 Å². The summed E-state index contributed by atoms with van der Waals surface area (Å²) in [6, 6.07) is 6.20. The highest BCUT2D eigenvalue weighted by atomic mass is 32.1. The molecule has 1 aliphatic rings. The Hall–Kier alpha value is -1.75. The quantitative estimate of drug-likeness (QED) is 0.917. The Labute approximate surface area is 135 Å². The number of aryl methyl sites for hydroxylation is 1. The first-order valence-corrected chi connectivity index (χ1v) is 8.84. The Balaban J connectivity index is 1.49. The minimum Gasteiger partial charge on any atom is -0.353 e. The smallest absolute Gasteiger partial charge is 0.220 e. The summed E-state index contributed by atoms with van der Waals surface area (Å²) in [6.07, 6.45) is 9.05. The van der Waals surface area contributed by atoms with Crippen LogP contribution in [0.25, 0.3) is 11.4 Å². The zero-order valence-corrected chi connectivity index (χ0v) is 13.4. The van der Waals surface area contributed by atoms with E-state index in [0.29, 0.717) is 18.9 Å². The number of thiazole rings is 1. The first-order chi connectivity index (χ1) is 10.8. The van der Waals surface area contributed by atoms with Crippen LogP contribution in [0.1, 0.15) is 43.5 Å². The van der Waals surface area contributed by atoms with Crippen molar-refractivity contribution in [1.29, 1.82) is 0 Å². The second-order valence-corrected chi connectivity index (χ2v) is 6.69. The molecule has 22 heavy (non-hydrogen) atoms. The average molecular weight is 315 g/mol. The monoisotopic (exact) mass is 315 g/mol. The number of hydrogen-bond donors (Lipinski definition) is 1. The molecule has 2 aromatic rings. The number of carbonyl (C=O) groups excluding carboxylic acids is 1. The number of pyridine rings is 1. The van der Waals surface area contributed by atoms with Crippen LogP contribution in [0.4, 0.5) is 0 Å². The molecule has 1 saturated carbocycles. The van der Waals surface area contributed by atoms with Crippen LogP contribution in [-0.2, 0) is 11.2 Å². The summed E-state index contributed by atoms with van der Waals surface area (Å²) in [4.78, 5) is 20.9. The zero-order chi connectivity index (χ0) is 15.2. The van der Waals surface area contributed by atoms with E-state index in [2.05, 4.69) is 15.3 Å². The molecule has 1 aliphatic carbocycles. The molecule has 4 nitrogen and oxygen atoms in total. The van der Waals surface area contributed by atoms with Crippen molar-refractivity contribution < 1.29 is 4.79 Å². The predicted octanol–water partition coefficient (Wildman–Crippen LogP) is 3.59. The maximum atomic E-state index is 12.0. The topological polar surface area (TPSA) is 54.9 Å². The number of carbonyl (C=O) groups is 1. The minimum absolute atomic E-state index is 0.154. The number of nitrogens with one attached hydrogen (secondary N) is 1. The van der Waals surface area contributed by atoms with Gasteiger partial charge in [-0.05, 0) is 25.0 Å². The van der Waals surface area contributed by atoms with E-state index in [9.17, 15) is 4.79 Å². The van der Waals surface area contributed by atoms with Gasteiger partial charge in [0.05, 0.1) is 16.4 Å². The van der Waals surface area contributed by atoms with E-state index in [4.69, 9.17) is 0 Å². The number of aromatic nitrogens is 2. The molecule has 3 rings (SSSR count). The molecule has 1 fully saturated rings. The Kier molecular flexibility index (Phi) is 5.16. The Morgan fingerprint density at radius 1 is 1.23 bits per heavy atom. The standard InChI is InChI=1S/C17H21N3OS/c21-16(19-13-6-2-1-3-7-13)9-10-17-20-15(12-22-17)14-8-4-5-11-18-14/h4-5,8,11-13H,1-3,6-7,9-10H2,(H,19,21). The molecule has 0 aromatic carbocycles. The third kappa shape index (κ3) is 4.13. The molecule has 0 aliphatic heterocycles. The molecule has 2 heterocycles. The van der Waals surface area contributed by atoms with Crippen LogP contribution < -0.4 is 5.32 Å². The lowest BCUT2D eigenvalue weighted by Crippen LogP contribution is -2.36. The molecule has 2 aromatic heterocycles. The van der Waals surface area contributed by atoms with Crippen molar-refractivity contribution in [3.8, 4) is 11.4 Å². The summed E-state index contributed by atoms with van der Waals surface area (Å²) in [5, 5.41) is 6.16. The highest BCUT2D eigenvalue weighted by Gasteiger charge is 2.16. The van der Waals surface area contributed by atoms with Gasteiger partial charge in [0.15, 0.2) is 0 Å². The van der Waals surface area contributed by atoms with Gasteiger partial charge in [-0.15, -0.1) is 11.3 Å². The van der Waals surface area contributed by atoms with Crippen molar-refractivity contribution >= 4 is 17.2 Å². The van der Waals surface area contributed by atoms with E-state index in [-0.39, 0.29) is 5.91 Å². The van der Waals surface area contributed by atoms with Crippen molar-refractivity contribution in [2.24, 2.45) is 0 Å². The van der Waals surface area contributed by atoms with Gasteiger partial charge in [-0.25, -0.2) is 4.98 Å². The van der Waals surface area contributed by atoms with Gasteiger partial charge in [0.1, 0.15) is 0 Å². The highest BCUT2D eigenvalue weighted by Crippen LogP contribution is 2.21. The fraction of sp³-hybridized carbons (Fsp3) is 0.471. The summed E-state index contributed by atoms with van der Waals surface area (Å²) in [7, 11) is 0. The van der Waals surface area contributed by atoms with Crippen LogP contribution in [0.15, 0.2) is 29.8 Å². The van der Waals surface area contributed by atoms with Gasteiger partial charge in [-0.2, -0.15) is 0 Å². The summed E-state index contributed by atoms with van der Waals surface area (Å²) in [5.74, 6) is 0.154. The lowest BCUT2D eigenvalue weighted by molar-refractivity contribution is -0.121. The van der Waals surface area contributed by atoms with E-state index in [1.54, 1.807) is 17.5 Å². The maximum Gasteiger partial charge on any atom is 0.220 e. The lowest BCUT2D eigenvalue weighted by atomic mass is 9.95. The summed E-state index contributed by atoms with van der Waals surface area (Å²) < 4.78 is 0. The molecule has 0 atom stereocenters. The van der Waals surface area contributed by atoms with E-state index < -0.39 is 0 Å². The van der Waals surface area contributed by atoms with Gasteiger partial charge in [0.2, 0.25) is 5.91 Å². The van der Waals surface area contributed by atoms with Crippen LogP contribution in [0.5, 0.6) is 0 Å². The number of hydrogen-bond acceptors (Lipinski definition) is 4. The molecule has 0 radical (unpaired) electrons. The fourth-order valence-electron chi connectivity index (χ4n) is 2.82. The number of nitrogens with zero attached hydrogens (tertiary/aromatic N) is 2. The van der Waals surface area contributed by atoms with Gasteiger partial charge in [-0.1, -0.05) is 25.3 Å². The van der Waals surface area contributed by atoms with Gasteiger partial charge >= 0.3 is 0 Å². The number of amides is 1. The van der Waals surface area contributed by atoms with Crippen LogP contribution in [0, 0.1) is 0 Å². The van der Waals surface area contributed by atoms with Gasteiger partial charge < -0.3 is 5.32 Å². The third-order valence-corrected chi connectivity index (χ3v) is 4.92. The second kappa shape index (κ2) is 7.49. The largest absolute Gasteiger partial charge is 0.353 e. The van der Waals surface area contributed by atoms with Crippen molar-refractivity contribution in [3.63, 3.8) is 0 Å². The lowest BCUT2D eigenvalue weighted by Gasteiger charge is -2.22. The van der Waals surface area contributed by atoms with Crippen molar-refractivity contribution in [2.45, 2.75) is 51.0 Å². The number of rotatable bonds is 5. The maximum absolute atomic E-state index is 12.0. The minimum atomic E-state index is 0.154. The third-order valence-electron chi connectivity index (χ3n) is 4.02. The first-order valence-electron chi connectivity index (χ1n) is 7.96. The van der Waals surface area contributed by atoms with Crippen molar-refractivity contribution in [2.75, 3.05) is 0 Å². The molecule has 0 saturated heterocycles. The second-order valence-electron chi connectivity index (χ2n) is 5.74. The van der Waals surface area contributed by atoms with Crippen molar-refractivity contribution in [1.82, 2.24) is 15.3 Å². The summed E-state index contributed by atoms with van der Waals surface area (Å²) in [6.45, 7) is 0. The summed E-state index contributed by atoms with van der Waals surface area (Å²) >= 11 is 1.60. The van der Waals surface area contributed by atoms with Crippen LogP contribution in [0.3, 0.4) is 0 Å². The average Bonchev–Trinajstić information content (AvgIpc) is 3.04. The summed E-state index contributed by atoms with van der Waals surface area (Å²) in [5.41, 5.74) is 1.78. The highest BCUT2D eigenvalue weighted by molar-refractivity contribution is 7.09. The molecule has 0 unspecified atom stereocenters. The molecule has 5 heteroatoms. The normalized spacial score (nSPS) is 15.6. The van der Waals surface area contributed by atoms with E-state index in [1.807, 2.05) is 23.6 Å². The Morgan fingerprint density at radius 2 is 2.09 bits per heavy atom. The SMILES string of the molecule is O=C(CCc1nc(-c2ccccn2)cs1)NC1CCCCC1. The molecule has 1 amide bonds. The van der Waals surface area contributed by atoms with E-state index in [1.165, 1.54) is 19.3 Å². The van der Waals surface area contributed by atoms with E-state index in [0.717, 1.165) is 29.2 Å². The fourth-order valence-corrected chi connectivity index (χ4v) is 3.62. The molecule has 0 spiro atoms. The Morgan fingerprint density at radius 3 is 2.86 bits per heavy atom. The molecule has 116 valence electrons. The Bertz CT molecular complexity index is 605. The van der Waals surface area contributed by atoms with Gasteiger partial charge in [-0.3, -0.25) is 9.78 Å². The van der Waals surface area contributed by atoms with Gasteiger partial charge in [0.25, 0.3) is 0 Å². The van der Waals surface area contributed by atoms with Crippen molar-refractivity contribution in [3.05, 3.63) is 34.8 Å². The predicted molar refractivity (Wildman–Crippen MR) is 88.7 cm³/mol. The molecule has 0 bridgehead atoms. The molecular formula is C17H21N3OS. The van der Waals surface area contributed by atoms with Crippen LogP contribution in [-0.4, -0.2) is 21.9 Å². The van der Waals surface area contributed by atoms with Crippen LogP contribution >= 0.6 is 11.3 Å². The first kappa shape index (κ1) is 15.2. The molecule has 1 N–H and O–H groups in total. The zero-order valence-electron chi connectivity index (χ0n) is 12.6.